The third kappa shape index (κ3) is 2.45. The Hall–Kier alpha value is -1.16. The van der Waals surface area contributed by atoms with Crippen molar-refractivity contribution in [1.29, 1.82) is 0 Å². The molecule has 0 bridgehead atoms. The molecule has 0 fully saturated rings. The lowest BCUT2D eigenvalue weighted by Crippen LogP contribution is -1.92. The van der Waals surface area contributed by atoms with Crippen LogP contribution in [0.25, 0.3) is 11.5 Å². The van der Waals surface area contributed by atoms with E-state index < -0.39 is 0 Å². The molecule has 2 rings (SSSR count). The van der Waals surface area contributed by atoms with Crippen molar-refractivity contribution in [2.24, 2.45) is 5.92 Å². The first-order chi connectivity index (χ1) is 7.15. The highest BCUT2D eigenvalue weighted by Crippen LogP contribution is 2.23. The summed E-state index contributed by atoms with van der Waals surface area (Å²) in [6.45, 7) is 6.30. The van der Waals surface area contributed by atoms with Gasteiger partial charge in [-0.25, -0.2) is 4.98 Å². The van der Waals surface area contributed by atoms with E-state index in [-0.39, 0.29) is 0 Å². The van der Waals surface area contributed by atoms with E-state index in [4.69, 9.17) is 4.52 Å². The highest BCUT2D eigenvalue weighted by Gasteiger charge is 2.09. The van der Waals surface area contributed by atoms with Gasteiger partial charge in [0, 0.05) is 17.9 Å². The van der Waals surface area contributed by atoms with Gasteiger partial charge >= 0.3 is 0 Å². The number of thiazole rings is 1. The highest BCUT2D eigenvalue weighted by atomic mass is 32.1. The van der Waals surface area contributed by atoms with Crippen molar-refractivity contribution in [2.45, 2.75) is 27.2 Å². The van der Waals surface area contributed by atoms with Gasteiger partial charge in [0.2, 0.25) is 0 Å². The maximum absolute atomic E-state index is 5.16. The molecule has 80 valence electrons. The van der Waals surface area contributed by atoms with Crippen LogP contribution in [-0.2, 0) is 6.42 Å². The monoisotopic (exact) mass is 222 g/mol. The molecule has 2 heterocycles. The molecule has 0 aromatic carbocycles. The maximum Gasteiger partial charge on any atom is 0.186 e. The Morgan fingerprint density at radius 1 is 1.47 bits per heavy atom. The Bertz CT molecular complexity index is 445. The zero-order valence-corrected chi connectivity index (χ0v) is 9.97. The molecule has 0 amide bonds. The number of nitrogens with zero attached hydrogens (tertiary/aromatic N) is 2. The molecule has 0 radical (unpaired) electrons. The molecule has 0 unspecified atom stereocenters. The summed E-state index contributed by atoms with van der Waals surface area (Å²) in [5, 5.41) is 7.04. The SMILES string of the molecule is Cc1cc(-c2csc(CC(C)C)n2)on1. The van der Waals surface area contributed by atoms with Crippen LogP contribution in [-0.4, -0.2) is 10.1 Å². The zero-order chi connectivity index (χ0) is 10.8. The number of aromatic nitrogens is 2. The minimum atomic E-state index is 0.639. The van der Waals surface area contributed by atoms with Crippen molar-refractivity contribution in [3.63, 3.8) is 0 Å². The summed E-state index contributed by atoms with van der Waals surface area (Å²) >= 11 is 1.68. The zero-order valence-electron chi connectivity index (χ0n) is 9.15. The van der Waals surface area contributed by atoms with E-state index in [1.807, 2.05) is 18.4 Å². The molecular formula is C11H14N2OS. The standard InChI is InChI=1S/C11H14N2OS/c1-7(2)4-11-12-9(6-15-11)10-5-8(3)13-14-10/h5-7H,4H2,1-3H3. The van der Waals surface area contributed by atoms with E-state index in [1.54, 1.807) is 11.3 Å². The van der Waals surface area contributed by atoms with Gasteiger partial charge in [-0.3, -0.25) is 0 Å². The van der Waals surface area contributed by atoms with Gasteiger partial charge in [0.25, 0.3) is 0 Å². The van der Waals surface area contributed by atoms with Crippen LogP contribution in [0.3, 0.4) is 0 Å². The molecule has 4 heteroatoms. The van der Waals surface area contributed by atoms with Crippen LogP contribution < -0.4 is 0 Å². The first kappa shape index (κ1) is 10.4. The van der Waals surface area contributed by atoms with E-state index in [0.717, 1.165) is 28.6 Å². The normalized spacial score (nSPS) is 11.2. The minimum Gasteiger partial charge on any atom is -0.354 e. The molecule has 2 aromatic heterocycles. The van der Waals surface area contributed by atoms with Crippen LogP contribution in [0.4, 0.5) is 0 Å². The molecule has 0 spiro atoms. The van der Waals surface area contributed by atoms with Crippen LogP contribution in [0.15, 0.2) is 16.0 Å². The molecule has 0 saturated carbocycles. The lowest BCUT2D eigenvalue weighted by atomic mass is 10.1. The fraction of sp³-hybridized carbons (Fsp3) is 0.455. The molecule has 0 aliphatic rings. The molecule has 0 atom stereocenters. The van der Waals surface area contributed by atoms with E-state index in [1.165, 1.54) is 0 Å². The van der Waals surface area contributed by atoms with Gasteiger partial charge in [0.05, 0.1) is 10.7 Å². The van der Waals surface area contributed by atoms with Gasteiger partial charge in [-0.2, -0.15) is 0 Å². The van der Waals surface area contributed by atoms with Gasteiger partial charge in [-0.15, -0.1) is 11.3 Å². The second-order valence-corrected chi connectivity index (χ2v) is 5.00. The van der Waals surface area contributed by atoms with Crippen LogP contribution in [0.5, 0.6) is 0 Å². The number of aryl methyl sites for hydroxylation is 1. The third-order valence-corrected chi connectivity index (χ3v) is 2.89. The molecule has 0 aliphatic carbocycles. The summed E-state index contributed by atoms with van der Waals surface area (Å²) in [4.78, 5) is 4.52. The summed E-state index contributed by atoms with van der Waals surface area (Å²) in [5.41, 5.74) is 1.79. The van der Waals surface area contributed by atoms with Crippen molar-refractivity contribution >= 4 is 11.3 Å². The molecule has 2 aromatic rings. The molecule has 15 heavy (non-hydrogen) atoms. The van der Waals surface area contributed by atoms with E-state index in [2.05, 4.69) is 24.0 Å². The average molecular weight is 222 g/mol. The van der Waals surface area contributed by atoms with Crippen LogP contribution in [0.2, 0.25) is 0 Å². The fourth-order valence-electron chi connectivity index (χ4n) is 1.35. The highest BCUT2D eigenvalue weighted by molar-refractivity contribution is 7.09. The van der Waals surface area contributed by atoms with E-state index in [9.17, 15) is 0 Å². The Morgan fingerprint density at radius 3 is 2.87 bits per heavy atom. The van der Waals surface area contributed by atoms with Crippen molar-refractivity contribution in [3.8, 4) is 11.5 Å². The molecular weight excluding hydrogens is 208 g/mol. The predicted molar refractivity (Wildman–Crippen MR) is 60.9 cm³/mol. The van der Waals surface area contributed by atoms with Gasteiger partial charge in [-0.05, 0) is 12.8 Å². The Kier molecular flexibility index (Phi) is 2.86. The van der Waals surface area contributed by atoms with E-state index in [0.29, 0.717) is 5.92 Å². The number of hydrogen-bond donors (Lipinski definition) is 0. The van der Waals surface area contributed by atoms with E-state index >= 15 is 0 Å². The average Bonchev–Trinajstić information content (AvgIpc) is 2.72. The molecule has 3 nitrogen and oxygen atoms in total. The predicted octanol–water partition coefficient (Wildman–Crippen LogP) is 3.31. The van der Waals surface area contributed by atoms with Crippen molar-refractivity contribution in [3.05, 3.63) is 22.1 Å². The molecule has 0 saturated heterocycles. The van der Waals surface area contributed by atoms with Crippen LogP contribution in [0.1, 0.15) is 24.5 Å². The van der Waals surface area contributed by atoms with Crippen LogP contribution in [0, 0.1) is 12.8 Å². The van der Waals surface area contributed by atoms with Gasteiger partial charge < -0.3 is 4.52 Å². The summed E-state index contributed by atoms with van der Waals surface area (Å²) in [6, 6.07) is 1.91. The topological polar surface area (TPSA) is 38.9 Å². The second kappa shape index (κ2) is 4.14. The minimum absolute atomic E-state index is 0.639. The van der Waals surface area contributed by atoms with Gasteiger partial charge in [0.1, 0.15) is 5.69 Å². The summed E-state index contributed by atoms with van der Waals surface area (Å²) in [7, 11) is 0. The van der Waals surface area contributed by atoms with Crippen molar-refractivity contribution in [1.82, 2.24) is 10.1 Å². The first-order valence-corrected chi connectivity index (χ1v) is 5.91. The third-order valence-electron chi connectivity index (χ3n) is 2.02. The lowest BCUT2D eigenvalue weighted by molar-refractivity contribution is 0.426. The summed E-state index contributed by atoms with van der Waals surface area (Å²) in [5.74, 6) is 1.40. The van der Waals surface area contributed by atoms with Gasteiger partial charge in [-0.1, -0.05) is 19.0 Å². The second-order valence-electron chi connectivity index (χ2n) is 4.06. The maximum atomic E-state index is 5.16. The fourth-order valence-corrected chi connectivity index (χ4v) is 2.35. The quantitative estimate of drug-likeness (QED) is 0.799. The summed E-state index contributed by atoms with van der Waals surface area (Å²) < 4.78 is 5.16. The first-order valence-electron chi connectivity index (χ1n) is 5.03. The van der Waals surface area contributed by atoms with Gasteiger partial charge in [0.15, 0.2) is 5.76 Å². The summed E-state index contributed by atoms with van der Waals surface area (Å²) in [6.07, 6.45) is 1.03. The molecule has 0 aliphatic heterocycles. The smallest absolute Gasteiger partial charge is 0.186 e. The largest absolute Gasteiger partial charge is 0.354 e. The van der Waals surface area contributed by atoms with Crippen LogP contribution >= 0.6 is 11.3 Å². The Balaban J connectivity index is 2.20. The number of hydrogen-bond acceptors (Lipinski definition) is 4. The lowest BCUT2D eigenvalue weighted by Gasteiger charge is -1.98. The number of rotatable bonds is 3. The Morgan fingerprint density at radius 2 is 2.27 bits per heavy atom. The molecule has 0 N–H and O–H groups in total. The van der Waals surface area contributed by atoms with Crippen molar-refractivity contribution < 1.29 is 4.52 Å². The van der Waals surface area contributed by atoms with Crippen molar-refractivity contribution in [2.75, 3.05) is 0 Å². The Labute approximate surface area is 93.1 Å².